The molecule has 9 nitrogen and oxygen atoms in total. The van der Waals surface area contributed by atoms with Crippen LogP contribution in [0.5, 0.6) is 0 Å². The Balaban J connectivity index is 1.41. The van der Waals surface area contributed by atoms with Crippen molar-refractivity contribution in [1.82, 2.24) is 25.1 Å². The van der Waals surface area contributed by atoms with E-state index in [0.717, 1.165) is 84.3 Å². The minimum atomic E-state index is -0.957. The summed E-state index contributed by atoms with van der Waals surface area (Å²) >= 11 is 3.50. The van der Waals surface area contributed by atoms with Gasteiger partial charge >= 0.3 is 6.09 Å². The van der Waals surface area contributed by atoms with Gasteiger partial charge in [0.1, 0.15) is 10.3 Å². The molecule has 2 fully saturated rings. The van der Waals surface area contributed by atoms with Gasteiger partial charge in [-0.05, 0) is 66.1 Å². The monoisotopic (exact) mass is 514 g/mol. The quantitative estimate of drug-likeness (QED) is 0.484. The predicted octanol–water partition coefficient (Wildman–Crippen LogP) is 4.44. The van der Waals surface area contributed by atoms with Crippen molar-refractivity contribution in [2.24, 2.45) is 5.92 Å². The second-order valence-corrected chi connectivity index (χ2v) is 9.50. The first kappa shape index (κ1) is 22.1. The SMILES string of the molecule is O=C(O)NCC1CCN(c2cncc(-c3nn(C4CCCCO4)c4cnc(Br)cc34)c2)CC1. The molecular weight excluding hydrogens is 488 g/mol. The number of amides is 1. The standard InChI is InChI=1S/C23H27BrN6O3/c24-20-10-18-19(14-26-20)30(21-3-1-2-8-33-21)28-22(18)16-9-17(13-25-12-16)29-6-4-15(5-7-29)11-27-23(31)32/h9-10,12-15,21,27H,1-8,11H2,(H,31,32). The van der Waals surface area contributed by atoms with Crippen molar-refractivity contribution in [2.75, 3.05) is 31.1 Å². The zero-order valence-electron chi connectivity index (χ0n) is 18.3. The van der Waals surface area contributed by atoms with E-state index >= 15 is 0 Å². The lowest BCUT2D eigenvalue weighted by Gasteiger charge is -2.33. The van der Waals surface area contributed by atoms with Crippen molar-refractivity contribution in [3.63, 3.8) is 0 Å². The van der Waals surface area contributed by atoms with E-state index in [0.29, 0.717) is 12.5 Å². The fraction of sp³-hybridized carbons (Fsp3) is 0.478. The minimum Gasteiger partial charge on any atom is -0.465 e. The normalized spacial score (nSPS) is 19.7. The molecule has 2 N–H and O–H groups in total. The molecule has 2 saturated heterocycles. The summed E-state index contributed by atoms with van der Waals surface area (Å²) in [6, 6.07) is 4.15. The molecule has 1 unspecified atom stereocenters. The fourth-order valence-corrected chi connectivity index (χ4v) is 5.05. The van der Waals surface area contributed by atoms with Crippen molar-refractivity contribution >= 4 is 38.6 Å². The number of nitrogens with one attached hydrogen (secondary N) is 1. The number of aromatic nitrogens is 4. The third-order valence-corrected chi connectivity index (χ3v) is 6.94. The summed E-state index contributed by atoms with van der Waals surface area (Å²) < 4.78 is 8.74. The summed E-state index contributed by atoms with van der Waals surface area (Å²) in [4.78, 5) is 22.0. The second kappa shape index (κ2) is 9.64. The van der Waals surface area contributed by atoms with Gasteiger partial charge in [-0.1, -0.05) is 0 Å². The lowest BCUT2D eigenvalue weighted by atomic mass is 9.96. The van der Waals surface area contributed by atoms with Crippen LogP contribution in [0, 0.1) is 5.92 Å². The lowest BCUT2D eigenvalue weighted by Crippen LogP contribution is -2.38. The van der Waals surface area contributed by atoms with Crippen LogP contribution in [0.1, 0.15) is 38.3 Å². The number of pyridine rings is 2. The summed E-state index contributed by atoms with van der Waals surface area (Å²) in [5.74, 6) is 0.369. The molecule has 0 radical (unpaired) electrons. The van der Waals surface area contributed by atoms with Gasteiger partial charge in [-0.3, -0.25) is 4.98 Å². The molecule has 0 bridgehead atoms. The number of rotatable bonds is 5. The number of nitrogens with zero attached hydrogens (tertiary/aromatic N) is 5. The maximum Gasteiger partial charge on any atom is 0.404 e. The Morgan fingerprint density at radius 3 is 2.79 bits per heavy atom. The van der Waals surface area contributed by atoms with Gasteiger partial charge < -0.3 is 20.1 Å². The molecule has 5 rings (SSSR count). The smallest absolute Gasteiger partial charge is 0.404 e. The molecule has 5 heterocycles. The molecule has 3 aromatic rings. The molecule has 10 heteroatoms. The number of fused-ring (bicyclic) bond motifs is 1. The highest BCUT2D eigenvalue weighted by Crippen LogP contribution is 2.35. The van der Waals surface area contributed by atoms with E-state index in [9.17, 15) is 4.79 Å². The number of carboxylic acid groups (broad SMARTS) is 1. The van der Waals surface area contributed by atoms with Crippen molar-refractivity contribution in [1.29, 1.82) is 0 Å². The van der Waals surface area contributed by atoms with E-state index in [2.05, 4.69) is 42.2 Å². The maximum absolute atomic E-state index is 10.8. The molecule has 1 atom stereocenters. The van der Waals surface area contributed by atoms with Crippen molar-refractivity contribution in [3.05, 3.63) is 35.3 Å². The third-order valence-electron chi connectivity index (χ3n) is 6.51. The Labute approximate surface area is 200 Å². The molecular formula is C23H27BrN6O3. The van der Waals surface area contributed by atoms with Crippen LogP contribution in [0.4, 0.5) is 10.5 Å². The minimum absolute atomic E-state index is 0.0763. The molecule has 33 heavy (non-hydrogen) atoms. The molecule has 2 aliphatic rings. The van der Waals surface area contributed by atoms with Crippen molar-refractivity contribution < 1.29 is 14.6 Å². The van der Waals surface area contributed by atoms with E-state index in [4.69, 9.17) is 14.9 Å². The second-order valence-electron chi connectivity index (χ2n) is 8.69. The Morgan fingerprint density at radius 1 is 1.18 bits per heavy atom. The number of hydrogen-bond acceptors (Lipinski definition) is 6. The van der Waals surface area contributed by atoms with Crippen LogP contribution in [-0.4, -0.2) is 57.2 Å². The van der Waals surface area contributed by atoms with Gasteiger partial charge in [0, 0.05) is 43.4 Å². The summed E-state index contributed by atoms with van der Waals surface area (Å²) in [5.41, 5.74) is 3.84. The predicted molar refractivity (Wildman–Crippen MR) is 128 cm³/mol. The van der Waals surface area contributed by atoms with Crippen LogP contribution in [0.3, 0.4) is 0 Å². The molecule has 0 spiro atoms. The Kier molecular flexibility index (Phi) is 6.45. The largest absolute Gasteiger partial charge is 0.465 e. The van der Waals surface area contributed by atoms with Gasteiger partial charge in [0.15, 0.2) is 6.23 Å². The molecule has 0 saturated carbocycles. The number of hydrogen-bond donors (Lipinski definition) is 2. The van der Waals surface area contributed by atoms with E-state index in [1.54, 1.807) is 0 Å². The first-order chi connectivity index (χ1) is 16.1. The van der Waals surface area contributed by atoms with Gasteiger partial charge in [-0.15, -0.1) is 0 Å². The van der Waals surface area contributed by atoms with Crippen LogP contribution in [0.2, 0.25) is 0 Å². The van der Waals surface area contributed by atoms with E-state index in [-0.39, 0.29) is 6.23 Å². The zero-order valence-corrected chi connectivity index (χ0v) is 19.9. The van der Waals surface area contributed by atoms with Crippen LogP contribution in [0.25, 0.3) is 22.2 Å². The molecule has 2 aliphatic heterocycles. The molecule has 0 aromatic carbocycles. The fourth-order valence-electron chi connectivity index (χ4n) is 4.72. The maximum atomic E-state index is 10.8. The Hall–Kier alpha value is -2.72. The van der Waals surface area contributed by atoms with Gasteiger partial charge in [-0.25, -0.2) is 14.5 Å². The summed E-state index contributed by atoms with van der Waals surface area (Å²) in [6.07, 6.45) is 9.60. The highest BCUT2D eigenvalue weighted by molar-refractivity contribution is 9.10. The van der Waals surface area contributed by atoms with Crippen molar-refractivity contribution in [3.8, 4) is 11.3 Å². The number of carbonyl (C=O) groups is 1. The summed E-state index contributed by atoms with van der Waals surface area (Å²) in [6.45, 7) is 3.01. The number of halogens is 1. The lowest BCUT2D eigenvalue weighted by molar-refractivity contribution is -0.0365. The Bertz CT molecular complexity index is 1140. The van der Waals surface area contributed by atoms with E-state index in [1.807, 2.05) is 29.3 Å². The van der Waals surface area contributed by atoms with Crippen LogP contribution < -0.4 is 10.2 Å². The van der Waals surface area contributed by atoms with E-state index in [1.165, 1.54) is 0 Å². The topological polar surface area (TPSA) is 105 Å². The van der Waals surface area contributed by atoms with Gasteiger partial charge in [-0.2, -0.15) is 5.10 Å². The van der Waals surface area contributed by atoms with Gasteiger partial charge in [0.2, 0.25) is 0 Å². The average Bonchev–Trinajstić information content (AvgIpc) is 3.22. The van der Waals surface area contributed by atoms with Gasteiger partial charge in [0.25, 0.3) is 0 Å². The number of ether oxygens (including phenoxy) is 1. The number of anilines is 1. The molecule has 1 amide bonds. The molecule has 174 valence electrons. The average molecular weight is 515 g/mol. The molecule has 0 aliphatic carbocycles. The Morgan fingerprint density at radius 2 is 2.03 bits per heavy atom. The van der Waals surface area contributed by atoms with Crippen LogP contribution in [-0.2, 0) is 4.74 Å². The third kappa shape index (κ3) is 4.81. The first-order valence-electron chi connectivity index (χ1n) is 11.4. The van der Waals surface area contributed by atoms with Crippen LogP contribution in [0.15, 0.2) is 35.3 Å². The van der Waals surface area contributed by atoms with Crippen molar-refractivity contribution in [2.45, 2.75) is 38.3 Å². The van der Waals surface area contributed by atoms with Crippen LogP contribution >= 0.6 is 15.9 Å². The summed E-state index contributed by atoms with van der Waals surface area (Å²) in [5, 5.41) is 17.3. The highest BCUT2D eigenvalue weighted by Gasteiger charge is 2.24. The zero-order chi connectivity index (χ0) is 22.8. The molecule has 3 aromatic heterocycles. The highest BCUT2D eigenvalue weighted by atomic mass is 79.9. The first-order valence-corrected chi connectivity index (χ1v) is 12.2. The summed E-state index contributed by atoms with van der Waals surface area (Å²) in [7, 11) is 0. The van der Waals surface area contributed by atoms with Gasteiger partial charge in [0.05, 0.1) is 23.6 Å². The van der Waals surface area contributed by atoms with E-state index < -0.39 is 6.09 Å². The number of piperidine rings is 1.